The molecule has 0 spiro atoms. The molecule has 2 heteroatoms. The third-order valence-electron chi connectivity index (χ3n) is 6.63. The van der Waals surface area contributed by atoms with E-state index < -0.39 is 13.0 Å². The lowest BCUT2D eigenvalue weighted by atomic mass is 9.70. The number of aryl methyl sites for hydroxylation is 1. The molecular weight excluding hydrogens is 280 g/mol. The first-order valence-electron chi connectivity index (χ1n) is 10.6. The van der Waals surface area contributed by atoms with Gasteiger partial charge in [0.25, 0.3) is 0 Å². The molecule has 2 heterocycles. The zero-order valence-corrected chi connectivity index (χ0v) is 14.5. The first kappa shape index (κ1) is 12.0. The molecule has 1 aromatic rings. The number of para-hydroxylation sites is 1. The largest absolute Gasteiger partial charge is 0.352 e. The van der Waals surface area contributed by atoms with Crippen molar-refractivity contribution in [2.24, 2.45) is 11.3 Å². The number of benzene rings is 1. The molecule has 1 saturated carbocycles. The van der Waals surface area contributed by atoms with Crippen molar-refractivity contribution >= 4 is 5.69 Å². The Labute approximate surface area is 145 Å². The molecule has 0 amide bonds. The van der Waals surface area contributed by atoms with Crippen LogP contribution in [0, 0.1) is 18.3 Å². The molecule has 23 heavy (non-hydrogen) atoms. The molecule has 3 unspecified atom stereocenters. The summed E-state index contributed by atoms with van der Waals surface area (Å²) in [6.07, 6.45) is 8.95. The number of fused-ring (bicyclic) bond motifs is 1. The molecule has 2 aliphatic heterocycles. The van der Waals surface area contributed by atoms with Crippen molar-refractivity contribution in [2.45, 2.75) is 71.6 Å². The minimum absolute atomic E-state index is 0.0524. The SMILES string of the molecule is [2H]C([2H])([2H])C1N2C=CC(C)(C3CCCC3)C2[C@H](C)N1c1ccccc1C. The van der Waals surface area contributed by atoms with Crippen LogP contribution in [0.25, 0.3) is 0 Å². The molecule has 4 atom stereocenters. The molecule has 0 radical (unpaired) electrons. The minimum atomic E-state index is -2.06. The summed E-state index contributed by atoms with van der Waals surface area (Å²) in [5.41, 5.74) is 2.25. The van der Waals surface area contributed by atoms with Crippen molar-refractivity contribution < 1.29 is 4.11 Å². The average Bonchev–Trinajstić information content (AvgIpc) is 3.26. The van der Waals surface area contributed by atoms with E-state index in [9.17, 15) is 0 Å². The maximum atomic E-state index is 8.28. The highest BCUT2D eigenvalue weighted by molar-refractivity contribution is 5.56. The first-order valence-corrected chi connectivity index (χ1v) is 9.06. The molecule has 1 saturated heterocycles. The fourth-order valence-electron chi connectivity index (χ4n) is 5.41. The zero-order chi connectivity index (χ0) is 18.7. The summed E-state index contributed by atoms with van der Waals surface area (Å²) in [7, 11) is 0. The van der Waals surface area contributed by atoms with Crippen molar-refractivity contribution in [1.29, 1.82) is 0 Å². The van der Waals surface area contributed by atoms with Crippen LogP contribution >= 0.6 is 0 Å². The Morgan fingerprint density at radius 1 is 1.22 bits per heavy atom. The third kappa shape index (κ3) is 2.07. The Bertz CT molecular complexity index is 707. The second kappa shape index (κ2) is 5.29. The van der Waals surface area contributed by atoms with Gasteiger partial charge in [0.05, 0.1) is 12.2 Å². The quantitative estimate of drug-likeness (QED) is 0.762. The van der Waals surface area contributed by atoms with E-state index in [-0.39, 0.29) is 17.5 Å². The number of hydrogen-bond acceptors (Lipinski definition) is 2. The predicted octanol–water partition coefficient (Wildman–Crippen LogP) is 4.94. The highest BCUT2D eigenvalue weighted by Gasteiger charge is 2.55. The zero-order valence-electron chi connectivity index (χ0n) is 17.5. The van der Waals surface area contributed by atoms with Gasteiger partial charge in [-0.05, 0) is 57.3 Å². The average molecular weight is 314 g/mol. The normalized spacial score (nSPS) is 39.4. The molecule has 1 aliphatic carbocycles. The molecule has 0 aromatic heterocycles. The maximum absolute atomic E-state index is 8.28. The van der Waals surface area contributed by atoms with Gasteiger partial charge in [0.2, 0.25) is 0 Å². The van der Waals surface area contributed by atoms with E-state index in [1.54, 1.807) is 0 Å². The molecule has 0 bridgehead atoms. The lowest BCUT2D eigenvalue weighted by Crippen LogP contribution is -2.45. The van der Waals surface area contributed by atoms with Crippen molar-refractivity contribution in [3.8, 4) is 0 Å². The van der Waals surface area contributed by atoms with Crippen molar-refractivity contribution in [3.63, 3.8) is 0 Å². The topological polar surface area (TPSA) is 6.48 Å². The number of nitrogens with zero attached hydrogens (tertiary/aromatic N) is 2. The standard InChI is InChI=1S/C21H30N2/c1-15-9-5-8-12-19(15)23-16(2)20-21(4,18-10-6-7-11-18)13-14-22(20)17(23)3/h5,8-9,12-14,16-18,20H,6-7,10-11H2,1-4H3/t16-,17?,20?,21?/m0/s1/i3D3. The van der Waals surface area contributed by atoms with E-state index in [2.05, 4.69) is 55.0 Å². The summed E-state index contributed by atoms with van der Waals surface area (Å²) < 4.78 is 24.8. The lowest BCUT2D eigenvalue weighted by molar-refractivity contribution is 0.136. The Balaban J connectivity index is 1.79. The van der Waals surface area contributed by atoms with Crippen LogP contribution in [0.4, 0.5) is 5.69 Å². The maximum Gasteiger partial charge on any atom is 0.0989 e. The summed E-state index contributed by atoms with van der Waals surface area (Å²) in [5.74, 6) is 0.658. The summed E-state index contributed by atoms with van der Waals surface area (Å²) in [6, 6.07) is 8.56. The number of hydrogen-bond donors (Lipinski definition) is 0. The molecule has 2 nitrogen and oxygen atoms in total. The second-order valence-electron chi connectivity index (χ2n) is 7.86. The van der Waals surface area contributed by atoms with Crippen LogP contribution in [0.2, 0.25) is 0 Å². The summed E-state index contributed by atoms with van der Waals surface area (Å²) in [6.45, 7) is 4.60. The van der Waals surface area contributed by atoms with E-state index in [4.69, 9.17) is 4.11 Å². The van der Waals surface area contributed by atoms with Crippen LogP contribution in [0.15, 0.2) is 36.5 Å². The van der Waals surface area contributed by atoms with Crippen molar-refractivity contribution in [3.05, 3.63) is 42.1 Å². The second-order valence-corrected chi connectivity index (χ2v) is 7.86. The van der Waals surface area contributed by atoms with E-state index in [1.165, 1.54) is 25.7 Å². The van der Waals surface area contributed by atoms with E-state index in [1.807, 2.05) is 12.1 Å². The summed E-state index contributed by atoms with van der Waals surface area (Å²) in [4.78, 5) is 4.33. The Morgan fingerprint density at radius 2 is 1.96 bits per heavy atom. The van der Waals surface area contributed by atoms with Gasteiger partial charge in [-0.1, -0.05) is 44.0 Å². The Kier molecular flexibility index (Phi) is 2.76. The van der Waals surface area contributed by atoms with E-state index in [0.717, 1.165) is 11.3 Å². The van der Waals surface area contributed by atoms with Crippen LogP contribution in [0.3, 0.4) is 0 Å². The van der Waals surface area contributed by atoms with Gasteiger partial charge in [-0.25, -0.2) is 0 Å². The summed E-state index contributed by atoms with van der Waals surface area (Å²) in [5, 5.41) is 0. The number of anilines is 1. The van der Waals surface area contributed by atoms with Gasteiger partial charge < -0.3 is 9.80 Å². The van der Waals surface area contributed by atoms with Crippen LogP contribution in [0.1, 0.15) is 56.1 Å². The minimum Gasteiger partial charge on any atom is -0.352 e. The van der Waals surface area contributed by atoms with Gasteiger partial charge in [0.1, 0.15) is 0 Å². The van der Waals surface area contributed by atoms with Gasteiger partial charge in [-0.3, -0.25) is 0 Å². The van der Waals surface area contributed by atoms with Gasteiger partial charge in [0, 0.05) is 21.3 Å². The van der Waals surface area contributed by atoms with Crippen molar-refractivity contribution in [1.82, 2.24) is 4.90 Å². The van der Waals surface area contributed by atoms with Gasteiger partial charge in [0.15, 0.2) is 0 Å². The van der Waals surface area contributed by atoms with Crippen LogP contribution < -0.4 is 4.90 Å². The molecule has 2 fully saturated rings. The Hall–Kier alpha value is -1.44. The molecule has 3 aliphatic rings. The van der Waals surface area contributed by atoms with Gasteiger partial charge >= 0.3 is 0 Å². The highest BCUT2D eigenvalue weighted by Crippen LogP contribution is 2.53. The fraction of sp³-hybridized carbons (Fsp3) is 0.619. The highest BCUT2D eigenvalue weighted by atomic mass is 15.5. The smallest absolute Gasteiger partial charge is 0.0989 e. The molecule has 1 aromatic carbocycles. The lowest BCUT2D eigenvalue weighted by Gasteiger charge is -2.39. The monoisotopic (exact) mass is 313 g/mol. The van der Waals surface area contributed by atoms with Gasteiger partial charge in [-0.2, -0.15) is 0 Å². The molecule has 4 rings (SSSR count). The van der Waals surface area contributed by atoms with Crippen LogP contribution in [0.5, 0.6) is 0 Å². The third-order valence-corrected chi connectivity index (χ3v) is 6.63. The fourth-order valence-corrected chi connectivity index (χ4v) is 5.41. The molecular formula is C21H30N2. The molecule has 124 valence electrons. The van der Waals surface area contributed by atoms with Crippen LogP contribution in [-0.2, 0) is 0 Å². The van der Waals surface area contributed by atoms with E-state index >= 15 is 0 Å². The summed E-state index contributed by atoms with van der Waals surface area (Å²) >= 11 is 0. The van der Waals surface area contributed by atoms with Gasteiger partial charge in [-0.15, -0.1) is 0 Å². The number of rotatable bonds is 2. The molecule has 0 N–H and O–H groups in total. The van der Waals surface area contributed by atoms with Crippen LogP contribution in [-0.4, -0.2) is 23.1 Å². The first-order chi connectivity index (χ1) is 12.2. The van der Waals surface area contributed by atoms with E-state index in [0.29, 0.717) is 5.92 Å². The van der Waals surface area contributed by atoms with Crippen molar-refractivity contribution in [2.75, 3.05) is 4.90 Å². The predicted molar refractivity (Wildman–Crippen MR) is 97.4 cm³/mol. The Morgan fingerprint density at radius 3 is 2.65 bits per heavy atom.